The van der Waals surface area contributed by atoms with Gasteiger partial charge in [-0.15, -0.1) is 0 Å². The Labute approximate surface area is 126 Å². The van der Waals surface area contributed by atoms with Gasteiger partial charge in [0.1, 0.15) is 0 Å². The van der Waals surface area contributed by atoms with Gasteiger partial charge in [0.05, 0.1) is 0 Å². The number of rotatable bonds is 5. The number of aromatic nitrogens is 5. The Hall–Kier alpha value is -3.03. The van der Waals surface area contributed by atoms with Crippen LogP contribution in [0.4, 0.5) is 5.82 Å². The first-order chi connectivity index (χ1) is 10.7. The molecule has 3 aromatic heterocycles. The molecule has 0 aliphatic heterocycles. The number of nitrogens with zero attached hydrogens (tertiary/aromatic N) is 5. The summed E-state index contributed by atoms with van der Waals surface area (Å²) < 4.78 is 6.76. The molecule has 3 aromatic rings. The van der Waals surface area contributed by atoms with Crippen LogP contribution < -0.4 is 5.32 Å². The van der Waals surface area contributed by atoms with E-state index in [1.54, 1.807) is 48.5 Å². The molecule has 1 N–H and O–H groups in total. The predicted octanol–water partition coefficient (Wildman–Crippen LogP) is 1.44. The van der Waals surface area contributed by atoms with E-state index >= 15 is 0 Å². The molecule has 0 aliphatic rings. The zero-order valence-corrected chi connectivity index (χ0v) is 11.9. The first kappa shape index (κ1) is 13.9. The van der Waals surface area contributed by atoms with Crippen LogP contribution in [0.2, 0.25) is 0 Å². The van der Waals surface area contributed by atoms with Crippen LogP contribution in [-0.4, -0.2) is 30.8 Å². The summed E-state index contributed by atoms with van der Waals surface area (Å²) in [5, 5.41) is 10.7. The van der Waals surface area contributed by atoms with E-state index in [-0.39, 0.29) is 12.3 Å². The first-order valence-corrected chi connectivity index (χ1v) is 6.73. The Morgan fingerprint density at radius 1 is 1.32 bits per heavy atom. The Kier molecular flexibility index (Phi) is 3.90. The van der Waals surface area contributed by atoms with Crippen molar-refractivity contribution < 1.29 is 9.32 Å². The second-order valence-corrected chi connectivity index (χ2v) is 4.67. The Bertz CT molecular complexity index is 765. The van der Waals surface area contributed by atoms with Crippen molar-refractivity contribution in [1.82, 2.24) is 24.9 Å². The van der Waals surface area contributed by atoms with E-state index in [2.05, 4.69) is 25.5 Å². The predicted molar refractivity (Wildman–Crippen MR) is 77.7 cm³/mol. The van der Waals surface area contributed by atoms with Crippen LogP contribution in [0, 0.1) is 0 Å². The maximum absolute atomic E-state index is 11.8. The van der Waals surface area contributed by atoms with E-state index in [1.807, 2.05) is 0 Å². The molecule has 0 unspecified atom stereocenters. The molecule has 0 aromatic carbocycles. The van der Waals surface area contributed by atoms with Gasteiger partial charge in [-0.2, -0.15) is 10.1 Å². The topological polar surface area (TPSA) is 98.7 Å². The monoisotopic (exact) mass is 298 g/mol. The molecule has 0 saturated heterocycles. The number of aryl methyl sites for hydroxylation is 2. The third kappa shape index (κ3) is 3.35. The van der Waals surface area contributed by atoms with Crippen LogP contribution in [0.15, 0.2) is 41.3 Å². The van der Waals surface area contributed by atoms with E-state index < -0.39 is 0 Å². The maximum atomic E-state index is 11.8. The Morgan fingerprint density at radius 2 is 2.14 bits per heavy atom. The lowest BCUT2D eigenvalue weighted by molar-refractivity contribution is -0.116. The highest BCUT2D eigenvalue weighted by Crippen LogP contribution is 2.14. The van der Waals surface area contributed by atoms with Gasteiger partial charge in [0, 0.05) is 50.1 Å². The lowest BCUT2D eigenvalue weighted by Gasteiger charge is -1.99. The van der Waals surface area contributed by atoms with Crippen molar-refractivity contribution in [2.24, 2.45) is 7.05 Å². The summed E-state index contributed by atoms with van der Waals surface area (Å²) in [6.45, 7) is 0. The highest BCUT2D eigenvalue weighted by molar-refractivity contribution is 5.89. The fourth-order valence-electron chi connectivity index (χ4n) is 1.88. The lowest BCUT2D eigenvalue weighted by Crippen LogP contribution is -2.13. The van der Waals surface area contributed by atoms with E-state index in [4.69, 9.17) is 4.52 Å². The van der Waals surface area contributed by atoms with Crippen LogP contribution in [0.1, 0.15) is 12.3 Å². The fraction of sp³-hybridized carbons (Fsp3) is 0.214. The van der Waals surface area contributed by atoms with Crippen LogP contribution in [0.5, 0.6) is 0 Å². The number of carbonyl (C=O) groups excluding carboxylic acids is 1. The van der Waals surface area contributed by atoms with Crippen molar-refractivity contribution in [3.05, 3.63) is 42.7 Å². The fourth-order valence-corrected chi connectivity index (χ4v) is 1.88. The normalized spacial score (nSPS) is 10.6. The number of nitrogens with one attached hydrogen (secondary N) is 1. The Morgan fingerprint density at radius 3 is 2.86 bits per heavy atom. The molecule has 22 heavy (non-hydrogen) atoms. The Balaban J connectivity index is 1.56. The number of hydrogen-bond acceptors (Lipinski definition) is 6. The highest BCUT2D eigenvalue weighted by atomic mass is 16.5. The molecule has 0 aliphatic carbocycles. The molecule has 3 heterocycles. The average molecular weight is 298 g/mol. The van der Waals surface area contributed by atoms with Gasteiger partial charge in [-0.1, -0.05) is 5.16 Å². The molecule has 0 fully saturated rings. The van der Waals surface area contributed by atoms with Crippen LogP contribution in [0.25, 0.3) is 11.4 Å². The van der Waals surface area contributed by atoms with E-state index in [0.29, 0.717) is 24.0 Å². The summed E-state index contributed by atoms with van der Waals surface area (Å²) in [6.07, 6.45) is 5.69. The molecule has 112 valence electrons. The molecule has 3 rings (SSSR count). The number of carbonyl (C=O) groups is 1. The van der Waals surface area contributed by atoms with Gasteiger partial charge in [-0.3, -0.25) is 14.5 Å². The molecule has 0 bridgehead atoms. The summed E-state index contributed by atoms with van der Waals surface area (Å²) in [5.41, 5.74) is 0.822. The van der Waals surface area contributed by atoms with Gasteiger partial charge in [0.25, 0.3) is 0 Å². The summed E-state index contributed by atoms with van der Waals surface area (Å²) in [6, 6.07) is 5.32. The van der Waals surface area contributed by atoms with Gasteiger partial charge >= 0.3 is 0 Å². The number of amides is 1. The quantitative estimate of drug-likeness (QED) is 0.765. The van der Waals surface area contributed by atoms with Crippen molar-refractivity contribution in [3.8, 4) is 11.4 Å². The highest BCUT2D eigenvalue weighted by Gasteiger charge is 2.11. The van der Waals surface area contributed by atoms with Crippen molar-refractivity contribution >= 4 is 11.7 Å². The van der Waals surface area contributed by atoms with Crippen molar-refractivity contribution in [2.75, 3.05) is 5.32 Å². The molecule has 8 nitrogen and oxygen atoms in total. The molecule has 0 radical (unpaired) electrons. The van der Waals surface area contributed by atoms with Crippen LogP contribution in [-0.2, 0) is 18.3 Å². The van der Waals surface area contributed by atoms with Gasteiger partial charge < -0.3 is 9.84 Å². The van der Waals surface area contributed by atoms with Crippen LogP contribution >= 0.6 is 0 Å². The third-order valence-corrected chi connectivity index (χ3v) is 2.95. The lowest BCUT2D eigenvalue weighted by atomic mass is 10.2. The third-order valence-electron chi connectivity index (χ3n) is 2.95. The molecular formula is C14H14N6O2. The van der Waals surface area contributed by atoms with E-state index in [1.165, 1.54) is 0 Å². The van der Waals surface area contributed by atoms with Crippen LogP contribution in [0.3, 0.4) is 0 Å². The average Bonchev–Trinajstić information content (AvgIpc) is 3.15. The van der Waals surface area contributed by atoms with Gasteiger partial charge in [-0.05, 0) is 12.1 Å². The van der Waals surface area contributed by atoms with Crippen molar-refractivity contribution in [1.29, 1.82) is 0 Å². The second-order valence-electron chi connectivity index (χ2n) is 4.67. The molecule has 0 atom stereocenters. The summed E-state index contributed by atoms with van der Waals surface area (Å²) >= 11 is 0. The minimum Gasteiger partial charge on any atom is -0.339 e. The summed E-state index contributed by atoms with van der Waals surface area (Å²) in [5.74, 6) is 1.28. The number of pyridine rings is 1. The standard InChI is InChI=1S/C14H14N6O2/c1-20-9-6-11(18-20)16-12(21)2-3-13-17-14(19-22-13)10-4-7-15-8-5-10/h4-9H,2-3H2,1H3,(H,16,18,21). The zero-order valence-electron chi connectivity index (χ0n) is 11.9. The maximum Gasteiger partial charge on any atom is 0.227 e. The first-order valence-electron chi connectivity index (χ1n) is 6.73. The van der Waals surface area contributed by atoms with Gasteiger partial charge in [0.15, 0.2) is 5.82 Å². The number of hydrogen-bond donors (Lipinski definition) is 1. The van der Waals surface area contributed by atoms with Gasteiger partial charge in [-0.25, -0.2) is 0 Å². The zero-order chi connectivity index (χ0) is 15.4. The smallest absolute Gasteiger partial charge is 0.227 e. The second kappa shape index (κ2) is 6.17. The van der Waals surface area contributed by atoms with Crippen molar-refractivity contribution in [2.45, 2.75) is 12.8 Å². The molecule has 0 saturated carbocycles. The molecule has 0 spiro atoms. The number of anilines is 1. The van der Waals surface area contributed by atoms with Crippen molar-refractivity contribution in [3.63, 3.8) is 0 Å². The minimum absolute atomic E-state index is 0.151. The van der Waals surface area contributed by atoms with E-state index in [0.717, 1.165) is 5.56 Å². The molecule has 1 amide bonds. The van der Waals surface area contributed by atoms with E-state index in [9.17, 15) is 4.79 Å². The minimum atomic E-state index is -0.151. The largest absolute Gasteiger partial charge is 0.339 e. The summed E-state index contributed by atoms with van der Waals surface area (Å²) in [4.78, 5) is 20.0. The molecular weight excluding hydrogens is 284 g/mol. The SMILES string of the molecule is Cn1ccc(NC(=O)CCc2nc(-c3ccncc3)no2)n1. The molecule has 8 heteroatoms. The summed E-state index contributed by atoms with van der Waals surface area (Å²) in [7, 11) is 1.79. The van der Waals surface area contributed by atoms with Gasteiger partial charge in [0.2, 0.25) is 17.6 Å².